The first-order valence-corrected chi connectivity index (χ1v) is 8.07. The van der Waals surface area contributed by atoms with Crippen molar-refractivity contribution in [2.45, 2.75) is 32.5 Å². The number of hydrogen-bond donors (Lipinski definition) is 0. The van der Waals surface area contributed by atoms with E-state index in [0.29, 0.717) is 12.1 Å². The fourth-order valence-corrected chi connectivity index (χ4v) is 3.59. The molecule has 2 aromatic rings. The minimum atomic E-state index is 0.386. The summed E-state index contributed by atoms with van der Waals surface area (Å²) in [6, 6.07) is 15.9. The molecule has 2 atom stereocenters. The summed E-state index contributed by atoms with van der Waals surface area (Å²) in [5, 5.41) is 0. The van der Waals surface area contributed by atoms with Gasteiger partial charge in [-0.25, -0.2) is 0 Å². The summed E-state index contributed by atoms with van der Waals surface area (Å²) in [5.74, 6) is 0.910. The first kappa shape index (κ1) is 14.6. The van der Waals surface area contributed by atoms with Crippen LogP contribution in [0.15, 0.2) is 46.9 Å². The monoisotopic (exact) mass is 345 g/mol. The summed E-state index contributed by atoms with van der Waals surface area (Å²) >= 11 is 3.57. The first-order valence-electron chi connectivity index (χ1n) is 7.28. The van der Waals surface area contributed by atoms with Gasteiger partial charge in [0, 0.05) is 23.1 Å². The predicted octanol–water partition coefficient (Wildman–Crippen LogP) is 5.10. The molecule has 0 amide bonds. The fraction of sp³-hybridized carbons (Fsp3) is 0.333. The predicted molar refractivity (Wildman–Crippen MR) is 89.5 cm³/mol. The molecule has 21 heavy (non-hydrogen) atoms. The van der Waals surface area contributed by atoms with Gasteiger partial charge in [0.05, 0.1) is 7.11 Å². The Kier molecular flexibility index (Phi) is 4.05. The molecule has 0 fully saturated rings. The number of fused-ring (bicyclic) bond motifs is 1. The number of methoxy groups -OCH3 is 1. The van der Waals surface area contributed by atoms with Crippen molar-refractivity contribution in [1.29, 1.82) is 0 Å². The van der Waals surface area contributed by atoms with Crippen LogP contribution in [0.4, 0.5) is 0 Å². The zero-order valence-corrected chi connectivity index (χ0v) is 14.2. The summed E-state index contributed by atoms with van der Waals surface area (Å²) in [7, 11) is 1.70. The number of hydrogen-bond acceptors (Lipinski definition) is 2. The molecule has 1 aliphatic rings. The third-order valence-corrected chi connectivity index (χ3v) is 4.99. The molecule has 0 aromatic heterocycles. The Balaban J connectivity index is 1.84. The maximum Gasteiger partial charge on any atom is 0.118 e. The Morgan fingerprint density at radius 1 is 1.19 bits per heavy atom. The van der Waals surface area contributed by atoms with Crippen LogP contribution in [-0.4, -0.2) is 12.0 Å². The third-order valence-electron chi connectivity index (χ3n) is 4.50. The summed E-state index contributed by atoms with van der Waals surface area (Å²) in [6.45, 7) is 5.57. The van der Waals surface area contributed by atoms with Crippen molar-refractivity contribution in [1.82, 2.24) is 4.90 Å². The van der Waals surface area contributed by atoms with Gasteiger partial charge in [-0.15, -0.1) is 0 Å². The van der Waals surface area contributed by atoms with Crippen LogP contribution in [0.2, 0.25) is 0 Å². The Bertz CT molecular complexity index is 638. The second kappa shape index (κ2) is 5.82. The molecule has 3 rings (SSSR count). The van der Waals surface area contributed by atoms with Crippen LogP contribution in [0.3, 0.4) is 0 Å². The molecule has 2 nitrogen and oxygen atoms in total. The molecule has 110 valence electrons. The van der Waals surface area contributed by atoms with Gasteiger partial charge in [0.25, 0.3) is 0 Å². The van der Waals surface area contributed by atoms with Crippen molar-refractivity contribution in [2.75, 3.05) is 7.11 Å². The SMILES string of the molecule is COc1ccc(C(C)N2Cc3cc(Br)ccc3C2C)cc1. The molecule has 2 aromatic carbocycles. The Morgan fingerprint density at radius 3 is 2.57 bits per heavy atom. The summed E-state index contributed by atoms with van der Waals surface area (Å²) in [5.41, 5.74) is 4.20. The average Bonchev–Trinajstić information content (AvgIpc) is 2.83. The summed E-state index contributed by atoms with van der Waals surface area (Å²) in [4.78, 5) is 2.54. The third kappa shape index (κ3) is 2.72. The minimum Gasteiger partial charge on any atom is -0.497 e. The van der Waals surface area contributed by atoms with Gasteiger partial charge in [-0.2, -0.15) is 0 Å². The van der Waals surface area contributed by atoms with Gasteiger partial charge >= 0.3 is 0 Å². The molecule has 1 aliphatic heterocycles. The molecule has 1 heterocycles. The molecular formula is C18H20BrNO. The van der Waals surface area contributed by atoms with Crippen LogP contribution in [-0.2, 0) is 6.54 Å². The normalized spacial score (nSPS) is 19.3. The van der Waals surface area contributed by atoms with Crippen LogP contribution in [0, 0.1) is 0 Å². The Morgan fingerprint density at radius 2 is 1.90 bits per heavy atom. The molecule has 3 heteroatoms. The molecule has 0 spiro atoms. The van der Waals surface area contributed by atoms with Crippen molar-refractivity contribution in [3.63, 3.8) is 0 Å². The second-order valence-electron chi connectivity index (χ2n) is 5.64. The lowest BCUT2D eigenvalue weighted by molar-refractivity contribution is 0.168. The highest BCUT2D eigenvalue weighted by Crippen LogP contribution is 2.40. The summed E-state index contributed by atoms with van der Waals surface area (Å²) < 4.78 is 6.40. The van der Waals surface area contributed by atoms with E-state index >= 15 is 0 Å². The van der Waals surface area contributed by atoms with Gasteiger partial charge in [0.1, 0.15) is 5.75 Å². The molecule has 0 N–H and O–H groups in total. The van der Waals surface area contributed by atoms with Crippen LogP contribution >= 0.6 is 15.9 Å². The number of ether oxygens (including phenoxy) is 1. The van der Waals surface area contributed by atoms with E-state index in [-0.39, 0.29) is 0 Å². The van der Waals surface area contributed by atoms with E-state index in [4.69, 9.17) is 4.74 Å². The van der Waals surface area contributed by atoms with E-state index in [0.717, 1.165) is 16.8 Å². The largest absolute Gasteiger partial charge is 0.497 e. The number of benzene rings is 2. The maximum absolute atomic E-state index is 5.24. The lowest BCUT2D eigenvalue weighted by Crippen LogP contribution is -2.23. The lowest BCUT2D eigenvalue weighted by atomic mass is 10.0. The van der Waals surface area contributed by atoms with Crippen LogP contribution in [0.1, 0.15) is 42.6 Å². The summed E-state index contributed by atoms with van der Waals surface area (Å²) in [6.07, 6.45) is 0. The molecule has 2 unspecified atom stereocenters. The van der Waals surface area contributed by atoms with Gasteiger partial charge in [0.2, 0.25) is 0 Å². The van der Waals surface area contributed by atoms with E-state index < -0.39 is 0 Å². The zero-order chi connectivity index (χ0) is 15.0. The highest BCUT2D eigenvalue weighted by Gasteiger charge is 2.30. The standard InChI is InChI=1S/C18H20BrNO/c1-12(14-4-7-17(21-3)8-5-14)20-11-15-10-16(19)6-9-18(15)13(20)2/h4-10,12-13H,11H2,1-3H3. The molecule has 0 saturated carbocycles. The van der Waals surface area contributed by atoms with Gasteiger partial charge in [-0.1, -0.05) is 34.1 Å². The van der Waals surface area contributed by atoms with Crippen LogP contribution in [0.5, 0.6) is 5.75 Å². The maximum atomic E-state index is 5.24. The van der Waals surface area contributed by atoms with Gasteiger partial charge < -0.3 is 4.74 Å². The topological polar surface area (TPSA) is 12.5 Å². The van der Waals surface area contributed by atoms with Gasteiger partial charge in [0.15, 0.2) is 0 Å². The number of nitrogens with zero attached hydrogens (tertiary/aromatic N) is 1. The van der Waals surface area contributed by atoms with Gasteiger partial charge in [-0.3, -0.25) is 4.90 Å². The quantitative estimate of drug-likeness (QED) is 0.767. The molecule has 0 radical (unpaired) electrons. The average molecular weight is 346 g/mol. The van der Waals surface area contributed by atoms with Crippen molar-refractivity contribution in [2.24, 2.45) is 0 Å². The minimum absolute atomic E-state index is 0.386. The van der Waals surface area contributed by atoms with Crippen molar-refractivity contribution < 1.29 is 4.74 Å². The van der Waals surface area contributed by atoms with Crippen molar-refractivity contribution >= 4 is 15.9 Å². The molecular weight excluding hydrogens is 326 g/mol. The van der Waals surface area contributed by atoms with E-state index in [2.05, 4.69) is 65.0 Å². The van der Waals surface area contributed by atoms with Crippen LogP contribution < -0.4 is 4.74 Å². The Hall–Kier alpha value is -1.32. The Labute approximate surface area is 134 Å². The van der Waals surface area contributed by atoms with E-state index in [1.807, 2.05) is 12.1 Å². The number of halogens is 1. The number of rotatable bonds is 3. The highest BCUT2D eigenvalue weighted by atomic mass is 79.9. The highest BCUT2D eigenvalue weighted by molar-refractivity contribution is 9.10. The zero-order valence-electron chi connectivity index (χ0n) is 12.6. The molecule has 0 bridgehead atoms. The second-order valence-corrected chi connectivity index (χ2v) is 6.56. The first-order chi connectivity index (χ1) is 10.1. The van der Waals surface area contributed by atoms with Crippen molar-refractivity contribution in [3.05, 3.63) is 63.6 Å². The van der Waals surface area contributed by atoms with Crippen LogP contribution in [0.25, 0.3) is 0 Å². The smallest absolute Gasteiger partial charge is 0.118 e. The lowest BCUT2D eigenvalue weighted by Gasteiger charge is -2.29. The van der Waals surface area contributed by atoms with Gasteiger partial charge in [-0.05, 0) is 54.8 Å². The fourth-order valence-electron chi connectivity index (χ4n) is 3.18. The van der Waals surface area contributed by atoms with E-state index in [1.165, 1.54) is 16.7 Å². The molecule has 0 saturated heterocycles. The van der Waals surface area contributed by atoms with Crippen molar-refractivity contribution in [3.8, 4) is 5.75 Å². The molecule has 0 aliphatic carbocycles. The van der Waals surface area contributed by atoms with E-state index in [9.17, 15) is 0 Å². The van der Waals surface area contributed by atoms with E-state index in [1.54, 1.807) is 7.11 Å².